The van der Waals surface area contributed by atoms with Crippen molar-refractivity contribution in [2.45, 2.75) is 44.9 Å². The molecule has 0 unspecified atom stereocenters. The number of hydrogen-bond acceptors (Lipinski definition) is 5. The van der Waals surface area contributed by atoms with Crippen molar-refractivity contribution >= 4 is 17.6 Å². The fourth-order valence-corrected chi connectivity index (χ4v) is 3.90. The molecule has 2 aliphatic heterocycles. The minimum Gasteiger partial charge on any atom is -0.343 e. The van der Waals surface area contributed by atoms with E-state index in [4.69, 9.17) is 4.52 Å². The van der Waals surface area contributed by atoms with Crippen LogP contribution < -0.4 is 5.32 Å². The maximum Gasteiger partial charge on any atom is 0.321 e. The molecule has 1 N–H and O–H groups in total. The standard InChI is InChI=1S/C21H27N5O3/c1-3-15-5-4-6-18(11-15)22-21(28)26-12-17(13-26)20-23-19(24-29-20)16-7-9-25(10-8-16)14(2)27/h4-6,11,16-17H,3,7-10,12-13H2,1-2H3,(H,22,28). The third-order valence-electron chi connectivity index (χ3n) is 5.87. The molecule has 0 saturated carbocycles. The number of nitrogens with zero attached hydrogens (tertiary/aromatic N) is 4. The van der Waals surface area contributed by atoms with Crippen molar-refractivity contribution in [3.05, 3.63) is 41.5 Å². The second kappa shape index (κ2) is 8.23. The molecular formula is C21H27N5O3. The summed E-state index contributed by atoms with van der Waals surface area (Å²) < 4.78 is 5.47. The SMILES string of the molecule is CCc1cccc(NC(=O)N2CC(c3nc(C4CCN(C(C)=O)CC4)no3)C2)c1. The smallest absolute Gasteiger partial charge is 0.321 e. The fraction of sp³-hybridized carbons (Fsp3) is 0.524. The molecule has 3 amide bonds. The Bertz CT molecular complexity index is 882. The number of aromatic nitrogens is 2. The summed E-state index contributed by atoms with van der Waals surface area (Å²) in [7, 11) is 0. The van der Waals surface area contributed by atoms with Gasteiger partial charge in [-0.15, -0.1) is 0 Å². The molecule has 2 saturated heterocycles. The number of amides is 3. The average Bonchev–Trinajstić information content (AvgIpc) is 3.16. The highest BCUT2D eigenvalue weighted by Crippen LogP contribution is 2.30. The van der Waals surface area contributed by atoms with Crippen molar-refractivity contribution in [3.63, 3.8) is 0 Å². The highest BCUT2D eigenvalue weighted by atomic mass is 16.5. The van der Waals surface area contributed by atoms with Gasteiger partial charge in [0, 0.05) is 44.7 Å². The van der Waals surface area contributed by atoms with E-state index in [0.717, 1.165) is 43.9 Å². The van der Waals surface area contributed by atoms with Crippen molar-refractivity contribution in [1.29, 1.82) is 0 Å². The lowest BCUT2D eigenvalue weighted by atomic mass is 9.96. The van der Waals surface area contributed by atoms with Crippen LogP contribution >= 0.6 is 0 Å². The predicted molar refractivity (Wildman–Crippen MR) is 108 cm³/mol. The van der Waals surface area contributed by atoms with E-state index < -0.39 is 0 Å². The van der Waals surface area contributed by atoms with Crippen LogP contribution in [0.4, 0.5) is 10.5 Å². The molecule has 154 valence electrons. The topological polar surface area (TPSA) is 91.6 Å². The first-order valence-corrected chi connectivity index (χ1v) is 10.3. The van der Waals surface area contributed by atoms with Gasteiger partial charge in [-0.2, -0.15) is 4.98 Å². The zero-order chi connectivity index (χ0) is 20.4. The van der Waals surface area contributed by atoms with Crippen LogP contribution in [0, 0.1) is 0 Å². The van der Waals surface area contributed by atoms with E-state index in [9.17, 15) is 9.59 Å². The molecule has 4 rings (SSSR count). The number of hydrogen-bond donors (Lipinski definition) is 1. The minimum atomic E-state index is -0.106. The molecular weight excluding hydrogens is 370 g/mol. The predicted octanol–water partition coefficient (Wildman–Crippen LogP) is 2.99. The summed E-state index contributed by atoms with van der Waals surface area (Å²) in [5, 5.41) is 7.11. The number of carbonyl (C=O) groups excluding carboxylic acids is 2. The summed E-state index contributed by atoms with van der Waals surface area (Å²) in [5.41, 5.74) is 2.01. The number of carbonyl (C=O) groups is 2. The molecule has 2 fully saturated rings. The molecule has 8 nitrogen and oxygen atoms in total. The number of aryl methyl sites for hydroxylation is 1. The quantitative estimate of drug-likeness (QED) is 0.856. The Balaban J connectivity index is 1.28. The van der Waals surface area contributed by atoms with Crippen LogP contribution in [0.25, 0.3) is 0 Å². The third-order valence-corrected chi connectivity index (χ3v) is 5.87. The Morgan fingerprint density at radius 2 is 1.93 bits per heavy atom. The number of urea groups is 1. The first-order valence-electron chi connectivity index (χ1n) is 10.3. The number of rotatable bonds is 4. The van der Waals surface area contributed by atoms with E-state index in [1.165, 1.54) is 5.56 Å². The van der Waals surface area contributed by atoms with Gasteiger partial charge in [0.05, 0.1) is 5.92 Å². The number of benzene rings is 1. The third kappa shape index (κ3) is 4.26. The number of nitrogens with one attached hydrogen (secondary N) is 1. The summed E-state index contributed by atoms with van der Waals surface area (Å²) in [6, 6.07) is 7.79. The Morgan fingerprint density at radius 1 is 1.17 bits per heavy atom. The summed E-state index contributed by atoms with van der Waals surface area (Å²) >= 11 is 0. The van der Waals surface area contributed by atoms with Gasteiger partial charge in [0.25, 0.3) is 0 Å². The van der Waals surface area contributed by atoms with Crippen LogP contribution in [-0.4, -0.2) is 58.1 Å². The van der Waals surface area contributed by atoms with Gasteiger partial charge in [-0.3, -0.25) is 4.79 Å². The molecule has 0 atom stereocenters. The van der Waals surface area contributed by atoms with Crippen molar-refractivity contribution < 1.29 is 14.1 Å². The first kappa shape index (κ1) is 19.4. The van der Waals surface area contributed by atoms with E-state index in [1.54, 1.807) is 11.8 Å². The largest absolute Gasteiger partial charge is 0.343 e. The van der Waals surface area contributed by atoms with Gasteiger partial charge < -0.3 is 19.6 Å². The lowest BCUT2D eigenvalue weighted by molar-refractivity contribution is -0.129. The fourth-order valence-electron chi connectivity index (χ4n) is 3.90. The van der Waals surface area contributed by atoms with Crippen molar-refractivity contribution in [2.75, 3.05) is 31.5 Å². The number of anilines is 1. The van der Waals surface area contributed by atoms with E-state index in [0.29, 0.717) is 19.0 Å². The molecule has 1 aromatic carbocycles. The minimum absolute atomic E-state index is 0.0845. The summed E-state index contributed by atoms with van der Waals surface area (Å²) in [6.45, 7) is 6.31. The van der Waals surface area contributed by atoms with Crippen LogP contribution in [0.3, 0.4) is 0 Å². The maximum absolute atomic E-state index is 12.4. The zero-order valence-corrected chi connectivity index (χ0v) is 16.9. The maximum atomic E-state index is 12.4. The highest BCUT2D eigenvalue weighted by Gasteiger charge is 2.36. The monoisotopic (exact) mass is 397 g/mol. The normalized spacial score (nSPS) is 17.9. The van der Waals surface area contributed by atoms with Gasteiger partial charge in [-0.05, 0) is 37.0 Å². The van der Waals surface area contributed by atoms with Crippen LogP contribution in [0.1, 0.15) is 55.8 Å². The Hall–Kier alpha value is -2.90. The van der Waals surface area contributed by atoms with E-state index >= 15 is 0 Å². The van der Waals surface area contributed by atoms with E-state index in [1.807, 2.05) is 29.2 Å². The lowest BCUT2D eigenvalue weighted by Crippen LogP contribution is -2.50. The molecule has 0 aliphatic carbocycles. The molecule has 0 spiro atoms. The molecule has 2 aromatic rings. The Morgan fingerprint density at radius 3 is 2.62 bits per heavy atom. The zero-order valence-electron chi connectivity index (χ0n) is 16.9. The second-order valence-corrected chi connectivity index (χ2v) is 7.86. The molecule has 2 aliphatic rings. The molecule has 29 heavy (non-hydrogen) atoms. The van der Waals surface area contributed by atoms with Gasteiger partial charge in [-0.25, -0.2) is 4.79 Å². The summed E-state index contributed by atoms with van der Waals surface area (Å²) in [4.78, 5) is 32.1. The van der Waals surface area contributed by atoms with Gasteiger partial charge in [0.1, 0.15) is 0 Å². The first-order chi connectivity index (χ1) is 14.0. The van der Waals surface area contributed by atoms with Crippen LogP contribution in [0.2, 0.25) is 0 Å². The summed E-state index contributed by atoms with van der Waals surface area (Å²) in [6.07, 6.45) is 2.64. The molecule has 8 heteroatoms. The molecule has 0 bridgehead atoms. The molecule has 0 radical (unpaired) electrons. The van der Waals surface area contributed by atoms with Gasteiger partial charge in [0.2, 0.25) is 11.8 Å². The van der Waals surface area contributed by atoms with Crippen LogP contribution in [0.15, 0.2) is 28.8 Å². The van der Waals surface area contributed by atoms with Crippen LogP contribution in [0.5, 0.6) is 0 Å². The number of piperidine rings is 1. The van der Waals surface area contributed by atoms with Gasteiger partial charge in [-0.1, -0.05) is 24.2 Å². The second-order valence-electron chi connectivity index (χ2n) is 7.86. The average molecular weight is 397 g/mol. The van der Waals surface area contributed by atoms with Crippen molar-refractivity contribution in [1.82, 2.24) is 19.9 Å². The molecule has 3 heterocycles. The van der Waals surface area contributed by atoms with Crippen molar-refractivity contribution in [3.8, 4) is 0 Å². The van der Waals surface area contributed by atoms with Gasteiger partial charge >= 0.3 is 6.03 Å². The van der Waals surface area contributed by atoms with Gasteiger partial charge in [0.15, 0.2) is 5.82 Å². The Labute approximate surface area is 170 Å². The van der Waals surface area contributed by atoms with Crippen molar-refractivity contribution in [2.24, 2.45) is 0 Å². The van der Waals surface area contributed by atoms with E-state index in [-0.39, 0.29) is 23.8 Å². The Kier molecular flexibility index (Phi) is 5.51. The lowest BCUT2D eigenvalue weighted by Gasteiger charge is -2.36. The van der Waals surface area contributed by atoms with E-state index in [2.05, 4.69) is 22.4 Å². The number of likely N-dealkylation sites (tertiary alicyclic amines) is 2. The molecule has 1 aromatic heterocycles. The highest BCUT2D eigenvalue weighted by molar-refractivity contribution is 5.90. The summed E-state index contributed by atoms with van der Waals surface area (Å²) in [5.74, 6) is 1.76. The van der Waals surface area contributed by atoms with Crippen LogP contribution in [-0.2, 0) is 11.2 Å².